The molecule has 0 bridgehead atoms. The van der Waals surface area contributed by atoms with Gasteiger partial charge < -0.3 is 15.0 Å². The SMILES string of the molecule is COC1(CNC2CCN3CCCC3C2)CCC1. The van der Waals surface area contributed by atoms with E-state index in [-0.39, 0.29) is 5.60 Å². The fourth-order valence-corrected chi connectivity index (χ4v) is 3.76. The molecule has 2 unspecified atom stereocenters. The second-order valence-electron chi connectivity index (χ2n) is 6.17. The van der Waals surface area contributed by atoms with E-state index in [1.165, 1.54) is 58.0 Å². The van der Waals surface area contributed by atoms with Crippen LogP contribution in [0.2, 0.25) is 0 Å². The van der Waals surface area contributed by atoms with Gasteiger partial charge in [0, 0.05) is 25.7 Å². The maximum absolute atomic E-state index is 5.68. The van der Waals surface area contributed by atoms with Crippen molar-refractivity contribution in [2.45, 2.75) is 62.6 Å². The maximum Gasteiger partial charge on any atom is 0.0802 e. The highest BCUT2D eigenvalue weighted by Crippen LogP contribution is 2.35. The summed E-state index contributed by atoms with van der Waals surface area (Å²) in [5.41, 5.74) is 0.187. The maximum atomic E-state index is 5.68. The van der Waals surface area contributed by atoms with Crippen molar-refractivity contribution >= 4 is 0 Å². The first kappa shape index (κ1) is 11.9. The zero-order valence-electron chi connectivity index (χ0n) is 11.1. The van der Waals surface area contributed by atoms with Gasteiger partial charge in [-0.1, -0.05) is 0 Å². The minimum atomic E-state index is 0.187. The predicted molar refractivity (Wildman–Crippen MR) is 69.2 cm³/mol. The van der Waals surface area contributed by atoms with Crippen molar-refractivity contribution in [2.24, 2.45) is 0 Å². The molecule has 3 fully saturated rings. The molecular weight excluding hydrogens is 212 g/mol. The number of nitrogens with zero attached hydrogens (tertiary/aromatic N) is 1. The highest BCUT2D eigenvalue weighted by atomic mass is 16.5. The molecule has 0 spiro atoms. The summed E-state index contributed by atoms with van der Waals surface area (Å²) in [6, 6.07) is 1.61. The smallest absolute Gasteiger partial charge is 0.0802 e. The third-order valence-corrected chi connectivity index (χ3v) is 5.23. The fraction of sp³-hybridized carbons (Fsp3) is 1.00. The van der Waals surface area contributed by atoms with Crippen LogP contribution in [0.1, 0.15) is 44.9 Å². The quantitative estimate of drug-likeness (QED) is 0.808. The molecule has 3 aliphatic rings. The van der Waals surface area contributed by atoms with Crippen LogP contribution in [0, 0.1) is 0 Å². The molecule has 3 heteroatoms. The average molecular weight is 238 g/mol. The summed E-state index contributed by atoms with van der Waals surface area (Å²) in [5, 5.41) is 3.78. The van der Waals surface area contributed by atoms with Crippen molar-refractivity contribution in [3.63, 3.8) is 0 Å². The summed E-state index contributed by atoms with van der Waals surface area (Å²) in [5.74, 6) is 0. The zero-order chi connectivity index (χ0) is 11.7. The van der Waals surface area contributed by atoms with Crippen LogP contribution in [0.15, 0.2) is 0 Å². The molecule has 3 rings (SSSR count). The van der Waals surface area contributed by atoms with Crippen molar-refractivity contribution in [3.8, 4) is 0 Å². The van der Waals surface area contributed by atoms with Crippen LogP contribution in [-0.4, -0.2) is 49.3 Å². The first-order chi connectivity index (χ1) is 8.31. The van der Waals surface area contributed by atoms with E-state index in [1.807, 2.05) is 7.11 Å². The van der Waals surface area contributed by atoms with E-state index in [2.05, 4.69) is 10.2 Å². The van der Waals surface area contributed by atoms with E-state index in [0.717, 1.165) is 18.6 Å². The summed E-state index contributed by atoms with van der Waals surface area (Å²) in [6.07, 6.45) is 9.37. The van der Waals surface area contributed by atoms with Crippen molar-refractivity contribution < 1.29 is 4.74 Å². The molecule has 2 heterocycles. The molecule has 2 aliphatic heterocycles. The highest BCUT2D eigenvalue weighted by Gasteiger charge is 2.38. The monoisotopic (exact) mass is 238 g/mol. The van der Waals surface area contributed by atoms with Crippen molar-refractivity contribution in [3.05, 3.63) is 0 Å². The van der Waals surface area contributed by atoms with Crippen LogP contribution < -0.4 is 5.32 Å². The van der Waals surface area contributed by atoms with Gasteiger partial charge >= 0.3 is 0 Å². The molecule has 3 nitrogen and oxygen atoms in total. The lowest BCUT2D eigenvalue weighted by Gasteiger charge is -2.43. The molecule has 1 N–H and O–H groups in total. The number of hydrogen-bond acceptors (Lipinski definition) is 3. The number of ether oxygens (including phenoxy) is 1. The van der Waals surface area contributed by atoms with Gasteiger partial charge in [0.1, 0.15) is 0 Å². The van der Waals surface area contributed by atoms with E-state index in [0.29, 0.717) is 0 Å². The average Bonchev–Trinajstić information content (AvgIpc) is 2.75. The van der Waals surface area contributed by atoms with E-state index in [1.54, 1.807) is 0 Å². The van der Waals surface area contributed by atoms with Gasteiger partial charge in [-0.25, -0.2) is 0 Å². The Morgan fingerprint density at radius 1 is 1.24 bits per heavy atom. The Bertz CT molecular complexity index is 259. The molecule has 0 aromatic rings. The number of rotatable bonds is 4. The number of hydrogen-bond donors (Lipinski definition) is 1. The molecular formula is C14H26N2O. The molecule has 98 valence electrons. The van der Waals surface area contributed by atoms with Crippen LogP contribution in [0.4, 0.5) is 0 Å². The molecule has 17 heavy (non-hydrogen) atoms. The molecule has 2 saturated heterocycles. The molecule has 1 aliphatic carbocycles. The predicted octanol–water partition coefficient (Wildman–Crippen LogP) is 1.77. The van der Waals surface area contributed by atoms with Gasteiger partial charge in [-0.2, -0.15) is 0 Å². The molecule has 2 atom stereocenters. The summed E-state index contributed by atoms with van der Waals surface area (Å²) < 4.78 is 5.68. The number of piperidine rings is 1. The fourth-order valence-electron chi connectivity index (χ4n) is 3.76. The Balaban J connectivity index is 1.46. The minimum absolute atomic E-state index is 0.187. The molecule has 0 aromatic carbocycles. The second-order valence-corrected chi connectivity index (χ2v) is 6.17. The standard InChI is InChI=1S/C14H26N2O/c1-17-14(6-3-7-14)11-15-12-5-9-16-8-2-4-13(16)10-12/h12-13,15H,2-11H2,1H3. The minimum Gasteiger partial charge on any atom is -0.377 e. The Morgan fingerprint density at radius 2 is 2.12 bits per heavy atom. The van der Waals surface area contributed by atoms with Gasteiger partial charge in [-0.05, 0) is 58.0 Å². The first-order valence-electron chi connectivity index (χ1n) is 7.34. The normalized spacial score (nSPS) is 36.5. The van der Waals surface area contributed by atoms with Crippen LogP contribution in [0.5, 0.6) is 0 Å². The van der Waals surface area contributed by atoms with Gasteiger partial charge in [0.25, 0.3) is 0 Å². The largest absolute Gasteiger partial charge is 0.377 e. The summed E-state index contributed by atoms with van der Waals surface area (Å²) >= 11 is 0. The Hall–Kier alpha value is -0.120. The molecule has 1 saturated carbocycles. The van der Waals surface area contributed by atoms with Crippen LogP contribution in [0.3, 0.4) is 0 Å². The summed E-state index contributed by atoms with van der Waals surface area (Å²) in [6.45, 7) is 3.72. The van der Waals surface area contributed by atoms with E-state index in [4.69, 9.17) is 4.74 Å². The van der Waals surface area contributed by atoms with Gasteiger partial charge in [0.15, 0.2) is 0 Å². The lowest BCUT2D eigenvalue weighted by molar-refractivity contribution is -0.0720. The number of fused-ring (bicyclic) bond motifs is 1. The van der Waals surface area contributed by atoms with Crippen molar-refractivity contribution in [2.75, 3.05) is 26.7 Å². The first-order valence-corrected chi connectivity index (χ1v) is 7.34. The van der Waals surface area contributed by atoms with E-state index < -0.39 is 0 Å². The van der Waals surface area contributed by atoms with Gasteiger partial charge in [0.05, 0.1) is 5.60 Å². The molecule has 0 radical (unpaired) electrons. The Morgan fingerprint density at radius 3 is 2.82 bits per heavy atom. The number of methoxy groups -OCH3 is 1. The summed E-state index contributed by atoms with van der Waals surface area (Å²) in [4.78, 5) is 2.69. The lowest BCUT2D eigenvalue weighted by atomic mass is 9.79. The summed E-state index contributed by atoms with van der Waals surface area (Å²) in [7, 11) is 1.88. The zero-order valence-corrected chi connectivity index (χ0v) is 11.1. The van der Waals surface area contributed by atoms with E-state index in [9.17, 15) is 0 Å². The lowest BCUT2D eigenvalue weighted by Crippen LogP contribution is -2.53. The van der Waals surface area contributed by atoms with Crippen LogP contribution in [0.25, 0.3) is 0 Å². The highest BCUT2D eigenvalue weighted by molar-refractivity contribution is 4.95. The van der Waals surface area contributed by atoms with Gasteiger partial charge in [-0.15, -0.1) is 0 Å². The van der Waals surface area contributed by atoms with Crippen LogP contribution >= 0.6 is 0 Å². The molecule has 0 aromatic heterocycles. The topological polar surface area (TPSA) is 24.5 Å². The Kier molecular flexibility index (Phi) is 3.42. The third-order valence-electron chi connectivity index (χ3n) is 5.23. The van der Waals surface area contributed by atoms with Crippen molar-refractivity contribution in [1.29, 1.82) is 0 Å². The van der Waals surface area contributed by atoms with Crippen LogP contribution in [-0.2, 0) is 4.74 Å². The van der Waals surface area contributed by atoms with E-state index >= 15 is 0 Å². The second kappa shape index (κ2) is 4.87. The van der Waals surface area contributed by atoms with Crippen molar-refractivity contribution in [1.82, 2.24) is 10.2 Å². The third kappa shape index (κ3) is 2.38. The Labute approximate surface area is 105 Å². The molecule has 0 amide bonds. The van der Waals surface area contributed by atoms with Gasteiger partial charge in [0.2, 0.25) is 0 Å². The van der Waals surface area contributed by atoms with Gasteiger partial charge in [-0.3, -0.25) is 0 Å². The number of nitrogens with one attached hydrogen (secondary N) is 1.